The molecule has 1 heteroatoms. The number of rotatable bonds is 4. The van der Waals surface area contributed by atoms with E-state index in [-0.39, 0.29) is 0 Å². The van der Waals surface area contributed by atoms with Gasteiger partial charge in [0.1, 0.15) is 5.75 Å². The molecule has 0 aliphatic carbocycles. The Morgan fingerprint density at radius 3 is 1.47 bits per heavy atom. The summed E-state index contributed by atoms with van der Waals surface area (Å²) in [4.78, 5) is 0. The van der Waals surface area contributed by atoms with E-state index in [2.05, 4.69) is 27.0 Å². The standard InChI is InChI=1S/C6H6O.2C5H10/c7-6-4-2-1-3-5-6;2*1-3-5-4-2/h1-5,7H;2*3H,1,4-5H2,2H3. The van der Waals surface area contributed by atoms with E-state index >= 15 is 0 Å². The molecule has 0 spiro atoms. The number of allylic oxidation sites excluding steroid dienone is 2. The second kappa shape index (κ2) is 16.9. The number of phenols is 1. The Labute approximate surface area is 107 Å². The number of phenolic OH excluding ortho intramolecular Hbond substituents is 1. The highest BCUT2D eigenvalue weighted by atomic mass is 16.3. The largest absolute Gasteiger partial charge is 0.508 e. The molecule has 0 aromatic heterocycles. The molecule has 0 aliphatic heterocycles. The highest BCUT2D eigenvalue weighted by Crippen LogP contribution is 2.02. The molecule has 0 heterocycles. The van der Waals surface area contributed by atoms with Gasteiger partial charge in [-0.25, -0.2) is 0 Å². The number of hydrogen-bond acceptors (Lipinski definition) is 1. The van der Waals surface area contributed by atoms with Crippen molar-refractivity contribution in [3.05, 3.63) is 55.6 Å². The van der Waals surface area contributed by atoms with Crippen molar-refractivity contribution in [3.8, 4) is 5.75 Å². The zero-order valence-corrected chi connectivity index (χ0v) is 11.2. The van der Waals surface area contributed by atoms with Gasteiger partial charge in [-0.05, 0) is 25.0 Å². The fourth-order valence-corrected chi connectivity index (χ4v) is 0.836. The molecule has 0 unspecified atom stereocenters. The molecule has 0 saturated carbocycles. The first-order valence-electron chi connectivity index (χ1n) is 6.18. The highest BCUT2D eigenvalue weighted by Gasteiger charge is 1.74. The second-order valence-electron chi connectivity index (χ2n) is 3.49. The minimum absolute atomic E-state index is 0.322. The average molecular weight is 234 g/mol. The van der Waals surface area contributed by atoms with E-state index in [1.54, 1.807) is 24.3 Å². The first-order valence-corrected chi connectivity index (χ1v) is 6.18. The number of para-hydroxylation sites is 1. The maximum absolute atomic E-state index is 8.63. The van der Waals surface area contributed by atoms with Crippen LogP contribution in [0.4, 0.5) is 0 Å². The van der Waals surface area contributed by atoms with Gasteiger partial charge in [-0.3, -0.25) is 0 Å². The van der Waals surface area contributed by atoms with Gasteiger partial charge in [0, 0.05) is 0 Å². The second-order valence-corrected chi connectivity index (χ2v) is 3.49. The average Bonchev–Trinajstić information content (AvgIpc) is 2.34. The van der Waals surface area contributed by atoms with E-state index in [1.165, 1.54) is 12.8 Å². The van der Waals surface area contributed by atoms with E-state index in [4.69, 9.17) is 5.11 Å². The van der Waals surface area contributed by atoms with Gasteiger partial charge in [-0.2, -0.15) is 0 Å². The maximum Gasteiger partial charge on any atom is 0.115 e. The van der Waals surface area contributed by atoms with Gasteiger partial charge in [0.15, 0.2) is 0 Å². The molecule has 1 aromatic rings. The summed E-state index contributed by atoms with van der Waals surface area (Å²) in [5.74, 6) is 0.322. The summed E-state index contributed by atoms with van der Waals surface area (Å²) < 4.78 is 0. The first-order chi connectivity index (χ1) is 8.22. The van der Waals surface area contributed by atoms with Crippen LogP contribution in [0.15, 0.2) is 55.6 Å². The molecule has 0 amide bonds. The van der Waals surface area contributed by atoms with Gasteiger partial charge >= 0.3 is 0 Å². The molecule has 1 rings (SSSR count). The van der Waals surface area contributed by atoms with Crippen molar-refractivity contribution in [2.24, 2.45) is 0 Å². The molecule has 0 fully saturated rings. The molecule has 0 aliphatic rings. The summed E-state index contributed by atoms with van der Waals surface area (Å²) in [5.41, 5.74) is 0. The van der Waals surface area contributed by atoms with Crippen molar-refractivity contribution in [3.63, 3.8) is 0 Å². The Balaban J connectivity index is 0. The van der Waals surface area contributed by atoms with E-state index in [9.17, 15) is 0 Å². The van der Waals surface area contributed by atoms with Gasteiger partial charge in [-0.1, -0.05) is 57.0 Å². The van der Waals surface area contributed by atoms with Crippen molar-refractivity contribution in [1.29, 1.82) is 0 Å². The summed E-state index contributed by atoms with van der Waals surface area (Å²) >= 11 is 0. The van der Waals surface area contributed by atoms with Crippen LogP contribution in [0.1, 0.15) is 39.5 Å². The van der Waals surface area contributed by atoms with Crippen LogP contribution in [0.25, 0.3) is 0 Å². The Kier molecular flexibility index (Phi) is 17.8. The Bertz CT molecular complexity index is 241. The van der Waals surface area contributed by atoms with Crippen LogP contribution >= 0.6 is 0 Å². The van der Waals surface area contributed by atoms with E-state index in [0.29, 0.717) is 5.75 Å². The zero-order chi connectivity index (χ0) is 13.4. The number of hydrogen-bond donors (Lipinski definition) is 1. The monoisotopic (exact) mass is 234 g/mol. The summed E-state index contributed by atoms with van der Waals surface area (Å²) in [7, 11) is 0. The van der Waals surface area contributed by atoms with Crippen LogP contribution in [0.2, 0.25) is 0 Å². The predicted octanol–water partition coefficient (Wildman–Crippen LogP) is 5.34. The van der Waals surface area contributed by atoms with Crippen molar-refractivity contribution in [2.45, 2.75) is 39.5 Å². The molecular weight excluding hydrogens is 208 g/mol. The number of aromatic hydroxyl groups is 1. The lowest BCUT2D eigenvalue weighted by Gasteiger charge is -1.82. The van der Waals surface area contributed by atoms with Crippen LogP contribution in [0.5, 0.6) is 5.75 Å². The van der Waals surface area contributed by atoms with Gasteiger partial charge in [0.25, 0.3) is 0 Å². The van der Waals surface area contributed by atoms with Crippen molar-refractivity contribution < 1.29 is 5.11 Å². The lowest BCUT2D eigenvalue weighted by Crippen LogP contribution is -1.56. The minimum atomic E-state index is 0.322. The normalized spacial score (nSPS) is 7.88. The van der Waals surface area contributed by atoms with Crippen LogP contribution in [-0.2, 0) is 0 Å². The van der Waals surface area contributed by atoms with Gasteiger partial charge in [0.05, 0.1) is 0 Å². The molecule has 1 nitrogen and oxygen atoms in total. The highest BCUT2D eigenvalue weighted by molar-refractivity contribution is 5.18. The lowest BCUT2D eigenvalue weighted by molar-refractivity contribution is 0.475. The summed E-state index contributed by atoms with van der Waals surface area (Å²) in [5, 5.41) is 8.63. The predicted molar refractivity (Wildman–Crippen MR) is 78.3 cm³/mol. The summed E-state index contributed by atoms with van der Waals surface area (Å²) in [6, 6.07) is 8.71. The minimum Gasteiger partial charge on any atom is -0.508 e. The van der Waals surface area contributed by atoms with Crippen LogP contribution in [-0.4, -0.2) is 5.11 Å². The van der Waals surface area contributed by atoms with E-state index in [1.807, 2.05) is 18.2 Å². The van der Waals surface area contributed by atoms with Gasteiger partial charge in [0.2, 0.25) is 0 Å². The Morgan fingerprint density at radius 1 is 0.941 bits per heavy atom. The van der Waals surface area contributed by atoms with Crippen molar-refractivity contribution in [2.75, 3.05) is 0 Å². The zero-order valence-electron chi connectivity index (χ0n) is 11.2. The van der Waals surface area contributed by atoms with Gasteiger partial charge < -0.3 is 5.11 Å². The molecule has 96 valence electrons. The van der Waals surface area contributed by atoms with E-state index in [0.717, 1.165) is 12.8 Å². The van der Waals surface area contributed by atoms with Crippen molar-refractivity contribution >= 4 is 0 Å². The van der Waals surface area contributed by atoms with Crippen LogP contribution in [0, 0.1) is 0 Å². The summed E-state index contributed by atoms with van der Waals surface area (Å²) in [6.07, 6.45) is 8.62. The van der Waals surface area contributed by atoms with Crippen molar-refractivity contribution in [1.82, 2.24) is 0 Å². The fraction of sp³-hybridized carbons (Fsp3) is 0.375. The molecule has 0 atom stereocenters. The molecule has 1 aromatic carbocycles. The molecule has 1 N–H and O–H groups in total. The topological polar surface area (TPSA) is 20.2 Å². The molecule has 0 saturated heterocycles. The van der Waals surface area contributed by atoms with Crippen LogP contribution < -0.4 is 0 Å². The first kappa shape index (κ1) is 17.9. The van der Waals surface area contributed by atoms with Gasteiger partial charge in [-0.15, -0.1) is 13.2 Å². The molecule has 17 heavy (non-hydrogen) atoms. The smallest absolute Gasteiger partial charge is 0.115 e. The molecule has 0 radical (unpaired) electrons. The molecule has 0 bridgehead atoms. The van der Waals surface area contributed by atoms with E-state index < -0.39 is 0 Å². The maximum atomic E-state index is 8.63. The SMILES string of the molecule is C=CCCC.C=CCCC.Oc1ccccc1. The quantitative estimate of drug-likeness (QED) is 0.697. The number of unbranched alkanes of at least 4 members (excludes halogenated alkanes) is 2. The number of benzene rings is 1. The third-order valence-corrected chi connectivity index (χ3v) is 1.74. The third kappa shape index (κ3) is 20.5. The molecular formula is C16H26O. The Hall–Kier alpha value is -1.50. The third-order valence-electron chi connectivity index (χ3n) is 1.74. The van der Waals surface area contributed by atoms with Crippen LogP contribution in [0.3, 0.4) is 0 Å². The summed E-state index contributed by atoms with van der Waals surface area (Å²) in [6.45, 7) is 11.4. The Morgan fingerprint density at radius 2 is 1.35 bits per heavy atom. The lowest BCUT2D eigenvalue weighted by atomic mass is 10.3. The fourth-order valence-electron chi connectivity index (χ4n) is 0.836.